The second-order valence-electron chi connectivity index (χ2n) is 5.19. The number of aryl methyl sites for hydroxylation is 2. The van der Waals surface area contributed by atoms with Gasteiger partial charge in [-0.3, -0.25) is 4.79 Å². The summed E-state index contributed by atoms with van der Waals surface area (Å²) in [6.45, 7) is 3.11. The Balaban J connectivity index is 2.01. The summed E-state index contributed by atoms with van der Waals surface area (Å²) in [6, 6.07) is 7.52. The minimum absolute atomic E-state index is 0.0977. The first-order valence-corrected chi connectivity index (χ1v) is 8.55. The minimum atomic E-state index is -0.746. The number of halogens is 3. The molecule has 4 nitrogen and oxygen atoms in total. The number of nitrogens with one attached hydrogen (secondary N) is 1. The van der Waals surface area contributed by atoms with E-state index >= 15 is 0 Å². The number of benzene rings is 2. The average molecular weight is 459 g/mol. The summed E-state index contributed by atoms with van der Waals surface area (Å²) in [6.07, 6.45) is 0. The predicted molar refractivity (Wildman–Crippen MR) is 96.6 cm³/mol. The van der Waals surface area contributed by atoms with Crippen molar-refractivity contribution in [3.05, 3.63) is 61.8 Å². The number of amides is 1. The van der Waals surface area contributed by atoms with Gasteiger partial charge in [0.1, 0.15) is 5.82 Å². The Kier molecular flexibility index (Phi) is 6.12. The van der Waals surface area contributed by atoms with Gasteiger partial charge in [0.25, 0.3) is 5.91 Å². The SMILES string of the molecule is Cc1cc(Br)c(NC(=O)COC(=O)c2cc(F)ccc2C)c(Br)c1. The molecule has 0 aromatic heterocycles. The monoisotopic (exact) mass is 457 g/mol. The molecular formula is C17H14Br2FNO3. The van der Waals surface area contributed by atoms with Gasteiger partial charge in [-0.05, 0) is 81.1 Å². The molecule has 0 aliphatic heterocycles. The number of carbonyl (C=O) groups excluding carboxylic acids is 2. The van der Waals surface area contributed by atoms with Crippen LogP contribution in [0.2, 0.25) is 0 Å². The highest BCUT2D eigenvalue weighted by atomic mass is 79.9. The van der Waals surface area contributed by atoms with Crippen LogP contribution in [-0.4, -0.2) is 18.5 Å². The van der Waals surface area contributed by atoms with Gasteiger partial charge in [-0.15, -0.1) is 0 Å². The van der Waals surface area contributed by atoms with Gasteiger partial charge in [0.05, 0.1) is 11.3 Å². The molecule has 0 spiro atoms. The van der Waals surface area contributed by atoms with Crippen molar-refractivity contribution >= 4 is 49.4 Å². The largest absolute Gasteiger partial charge is 0.452 e. The molecule has 0 fully saturated rings. The fraction of sp³-hybridized carbons (Fsp3) is 0.176. The van der Waals surface area contributed by atoms with Gasteiger partial charge in [0, 0.05) is 8.95 Å². The van der Waals surface area contributed by atoms with E-state index in [9.17, 15) is 14.0 Å². The van der Waals surface area contributed by atoms with Gasteiger partial charge < -0.3 is 10.1 Å². The topological polar surface area (TPSA) is 55.4 Å². The van der Waals surface area contributed by atoms with Crippen molar-refractivity contribution in [1.82, 2.24) is 0 Å². The van der Waals surface area contributed by atoms with Crippen molar-refractivity contribution in [2.45, 2.75) is 13.8 Å². The van der Waals surface area contributed by atoms with E-state index in [0.717, 1.165) is 11.6 Å². The van der Waals surface area contributed by atoms with Crippen molar-refractivity contribution < 1.29 is 18.7 Å². The molecule has 1 N–H and O–H groups in total. The van der Waals surface area contributed by atoms with Crippen molar-refractivity contribution in [2.75, 3.05) is 11.9 Å². The lowest BCUT2D eigenvalue weighted by Crippen LogP contribution is -2.21. The maximum atomic E-state index is 13.2. The number of hydrogen-bond donors (Lipinski definition) is 1. The second kappa shape index (κ2) is 7.90. The van der Waals surface area contributed by atoms with Crippen LogP contribution in [0.1, 0.15) is 21.5 Å². The first-order valence-electron chi connectivity index (χ1n) is 6.96. The molecule has 2 rings (SSSR count). The third kappa shape index (κ3) is 4.64. The third-order valence-electron chi connectivity index (χ3n) is 3.20. The van der Waals surface area contributed by atoms with Gasteiger partial charge in [0.15, 0.2) is 6.61 Å². The summed E-state index contributed by atoms with van der Waals surface area (Å²) in [5, 5.41) is 2.65. The maximum absolute atomic E-state index is 13.2. The molecule has 0 radical (unpaired) electrons. The quantitative estimate of drug-likeness (QED) is 0.672. The van der Waals surface area contributed by atoms with Gasteiger partial charge in [-0.2, -0.15) is 0 Å². The number of esters is 1. The molecule has 0 aliphatic carbocycles. The van der Waals surface area contributed by atoms with E-state index in [0.29, 0.717) is 20.2 Å². The Labute approximate surface area is 155 Å². The number of rotatable bonds is 4. The summed E-state index contributed by atoms with van der Waals surface area (Å²) in [4.78, 5) is 24.0. The Hall–Kier alpha value is -1.73. The smallest absolute Gasteiger partial charge is 0.339 e. The highest BCUT2D eigenvalue weighted by molar-refractivity contribution is 9.11. The molecule has 0 heterocycles. The molecule has 0 saturated carbocycles. The highest BCUT2D eigenvalue weighted by Gasteiger charge is 2.15. The Bertz CT molecular complexity index is 785. The third-order valence-corrected chi connectivity index (χ3v) is 4.46. The minimum Gasteiger partial charge on any atom is -0.452 e. The zero-order chi connectivity index (χ0) is 17.9. The molecule has 1 amide bonds. The maximum Gasteiger partial charge on any atom is 0.339 e. The fourth-order valence-electron chi connectivity index (χ4n) is 2.02. The number of anilines is 1. The van der Waals surface area contributed by atoms with Gasteiger partial charge in [-0.25, -0.2) is 9.18 Å². The number of ether oxygens (including phenoxy) is 1. The van der Waals surface area contributed by atoms with Crippen LogP contribution in [0.4, 0.5) is 10.1 Å². The molecule has 2 aromatic rings. The lowest BCUT2D eigenvalue weighted by atomic mass is 10.1. The molecule has 0 aliphatic rings. The zero-order valence-corrected chi connectivity index (χ0v) is 16.1. The van der Waals surface area contributed by atoms with E-state index in [1.807, 2.05) is 19.1 Å². The fourth-order valence-corrected chi connectivity index (χ4v) is 3.63. The van der Waals surface area contributed by atoms with E-state index < -0.39 is 24.3 Å². The van der Waals surface area contributed by atoms with Crippen LogP contribution in [-0.2, 0) is 9.53 Å². The van der Waals surface area contributed by atoms with Crippen LogP contribution in [0.5, 0.6) is 0 Å². The second-order valence-corrected chi connectivity index (χ2v) is 6.90. The summed E-state index contributed by atoms with van der Waals surface area (Å²) in [5.74, 6) is -1.78. The normalized spacial score (nSPS) is 10.4. The Morgan fingerprint density at radius 2 is 1.75 bits per heavy atom. The standard InChI is InChI=1S/C17H14Br2FNO3/c1-9-5-13(18)16(14(19)6-9)21-15(22)8-24-17(23)12-7-11(20)4-3-10(12)2/h3-7H,8H2,1-2H3,(H,21,22). The van der Waals surface area contributed by atoms with Crippen molar-refractivity contribution in [1.29, 1.82) is 0 Å². The molecular weight excluding hydrogens is 445 g/mol. The van der Waals surface area contributed by atoms with E-state index in [2.05, 4.69) is 37.2 Å². The van der Waals surface area contributed by atoms with Gasteiger partial charge in [0.2, 0.25) is 0 Å². The first-order chi connectivity index (χ1) is 11.3. The lowest BCUT2D eigenvalue weighted by Gasteiger charge is -2.11. The van der Waals surface area contributed by atoms with Crippen LogP contribution in [0.25, 0.3) is 0 Å². The summed E-state index contributed by atoms with van der Waals surface area (Å²) in [5.41, 5.74) is 2.23. The molecule has 0 bridgehead atoms. The molecule has 24 heavy (non-hydrogen) atoms. The van der Waals surface area contributed by atoms with Gasteiger partial charge in [-0.1, -0.05) is 6.07 Å². The van der Waals surface area contributed by atoms with E-state index in [-0.39, 0.29) is 5.56 Å². The molecule has 2 aromatic carbocycles. The summed E-state index contributed by atoms with van der Waals surface area (Å²) < 4.78 is 19.6. The average Bonchev–Trinajstić information content (AvgIpc) is 2.50. The van der Waals surface area contributed by atoms with Crippen molar-refractivity contribution in [2.24, 2.45) is 0 Å². The summed E-state index contributed by atoms with van der Waals surface area (Å²) >= 11 is 6.73. The molecule has 126 valence electrons. The van der Waals surface area contributed by atoms with Crippen LogP contribution < -0.4 is 5.32 Å². The number of carbonyl (C=O) groups is 2. The van der Waals surface area contributed by atoms with Crippen LogP contribution in [0.15, 0.2) is 39.3 Å². The van der Waals surface area contributed by atoms with E-state index in [1.165, 1.54) is 12.1 Å². The molecule has 0 unspecified atom stereocenters. The molecule has 7 heteroatoms. The van der Waals surface area contributed by atoms with Crippen LogP contribution >= 0.6 is 31.9 Å². The Morgan fingerprint density at radius 1 is 1.12 bits per heavy atom. The number of hydrogen-bond acceptors (Lipinski definition) is 3. The van der Waals surface area contributed by atoms with E-state index in [4.69, 9.17) is 4.74 Å². The highest BCUT2D eigenvalue weighted by Crippen LogP contribution is 2.32. The zero-order valence-electron chi connectivity index (χ0n) is 13.0. The summed E-state index contributed by atoms with van der Waals surface area (Å²) in [7, 11) is 0. The predicted octanol–water partition coefficient (Wildman–Crippen LogP) is 4.76. The molecule has 0 atom stereocenters. The van der Waals surface area contributed by atoms with Crippen LogP contribution in [0.3, 0.4) is 0 Å². The van der Waals surface area contributed by atoms with Crippen LogP contribution in [0, 0.1) is 19.7 Å². The lowest BCUT2D eigenvalue weighted by molar-refractivity contribution is -0.119. The van der Waals surface area contributed by atoms with Gasteiger partial charge >= 0.3 is 5.97 Å². The molecule has 0 saturated heterocycles. The van der Waals surface area contributed by atoms with E-state index in [1.54, 1.807) is 6.92 Å². The van der Waals surface area contributed by atoms with Crippen molar-refractivity contribution in [3.8, 4) is 0 Å². The Morgan fingerprint density at radius 3 is 2.38 bits per heavy atom. The van der Waals surface area contributed by atoms with Crippen molar-refractivity contribution in [3.63, 3.8) is 0 Å². The first kappa shape index (κ1) is 18.6.